The molecule has 0 aliphatic carbocycles. The first-order chi connectivity index (χ1) is 16.7. The molecule has 4 heterocycles. The summed E-state index contributed by atoms with van der Waals surface area (Å²) in [6.45, 7) is -0.0162. The summed E-state index contributed by atoms with van der Waals surface area (Å²) in [5, 5.41) is 3.23. The number of hydrogen-bond donors (Lipinski definition) is 1. The zero-order valence-electron chi connectivity index (χ0n) is 19.0. The molecule has 1 aromatic carbocycles. The Kier molecular flexibility index (Phi) is 6.41. The van der Waals surface area contributed by atoms with Crippen LogP contribution in [0.1, 0.15) is 30.1 Å². The van der Waals surface area contributed by atoms with Crippen molar-refractivity contribution >= 4 is 23.1 Å². The summed E-state index contributed by atoms with van der Waals surface area (Å²) in [6.07, 6.45) is -3.67. The molecule has 1 amide bonds. The molecule has 35 heavy (non-hydrogen) atoms. The van der Waals surface area contributed by atoms with E-state index in [4.69, 9.17) is 9.47 Å². The number of nitrogens with one attached hydrogen (secondary N) is 1. The first kappa shape index (κ1) is 24.0. The highest BCUT2D eigenvalue weighted by Gasteiger charge is 2.47. The average molecular weight is 494 g/mol. The van der Waals surface area contributed by atoms with E-state index < -0.39 is 24.3 Å². The molecule has 0 radical (unpaired) electrons. The molecule has 2 aromatic rings. The zero-order valence-corrected chi connectivity index (χ0v) is 19.0. The Morgan fingerprint density at radius 2 is 2.00 bits per heavy atom. The highest BCUT2D eigenvalue weighted by atomic mass is 19.4. The molecule has 2 saturated heterocycles. The van der Waals surface area contributed by atoms with Crippen LogP contribution in [0.2, 0.25) is 0 Å². The standard InChI is InChI=1S/C24H26F4N4O3/c25-23(5-8-31(9-6-23)15-24(26,27)28)22(33)32-13-17-2-1-7-29-21(17)30-18-4-3-16(12-19(18)32)20-14-34-10-11-35-20/h1-4,7,12,20H,5-6,8-11,13-15H2,(H,29,30). The van der Waals surface area contributed by atoms with Gasteiger partial charge in [0.25, 0.3) is 5.91 Å². The monoisotopic (exact) mass is 494 g/mol. The Balaban J connectivity index is 1.46. The summed E-state index contributed by atoms with van der Waals surface area (Å²) in [5.74, 6) is -0.205. The molecule has 1 unspecified atom stereocenters. The third-order valence-electron chi connectivity index (χ3n) is 6.65. The minimum Gasteiger partial charge on any atom is -0.376 e. The van der Waals surface area contributed by atoms with Gasteiger partial charge in [-0.05, 0) is 23.8 Å². The van der Waals surface area contributed by atoms with E-state index in [2.05, 4.69) is 10.3 Å². The van der Waals surface area contributed by atoms with Crippen LogP contribution in [0.3, 0.4) is 0 Å². The van der Waals surface area contributed by atoms with Gasteiger partial charge in [-0.25, -0.2) is 9.37 Å². The molecule has 3 aliphatic heterocycles. The van der Waals surface area contributed by atoms with Crippen molar-refractivity contribution in [3.63, 3.8) is 0 Å². The van der Waals surface area contributed by atoms with E-state index in [0.29, 0.717) is 42.6 Å². The molecular formula is C24H26F4N4O3. The van der Waals surface area contributed by atoms with E-state index in [-0.39, 0.29) is 38.6 Å². The summed E-state index contributed by atoms with van der Waals surface area (Å²) >= 11 is 0. The zero-order chi connectivity index (χ0) is 24.6. The lowest BCUT2D eigenvalue weighted by molar-refractivity contribution is -0.153. The fraction of sp³-hybridized carbons (Fsp3) is 0.500. The molecule has 0 saturated carbocycles. The summed E-state index contributed by atoms with van der Waals surface area (Å²) in [7, 11) is 0. The number of piperidine rings is 1. The predicted octanol–water partition coefficient (Wildman–Crippen LogP) is 4.13. The number of benzene rings is 1. The maximum atomic E-state index is 16.0. The van der Waals surface area contributed by atoms with E-state index in [9.17, 15) is 18.0 Å². The van der Waals surface area contributed by atoms with Gasteiger partial charge >= 0.3 is 6.18 Å². The summed E-state index contributed by atoms with van der Waals surface area (Å²) in [6, 6.07) is 8.98. The lowest BCUT2D eigenvalue weighted by Crippen LogP contribution is -2.53. The van der Waals surface area contributed by atoms with Crippen LogP contribution in [0.25, 0.3) is 0 Å². The van der Waals surface area contributed by atoms with Crippen LogP contribution in [0.4, 0.5) is 34.8 Å². The molecule has 1 atom stereocenters. The number of carbonyl (C=O) groups is 1. The maximum absolute atomic E-state index is 16.0. The minimum absolute atomic E-state index is 0.0748. The Morgan fingerprint density at radius 3 is 2.71 bits per heavy atom. The SMILES string of the molecule is O=C(N1Cc2cccnc2Nc2ccc(C3COCCO3)cc21)C1(F)CCN(CC(F)(F)F)CC1. The normalized spacial score (nSPS) is 22.5. The summed E-state index contributed by atoms with van der Waals surface area (Å²) in [4.78, 5) is 20.6. The average Bonchev–Trinajstić information content (AvgIpc) is 3.01. The predicted molar refractivity (Wildman–Crippen MR) is 120 cm³/mol. The fourth-order valence-electron chi connectivity index (χ4n) is 4.78. The van der Waals surface area contributed by atoms with Crippen LogP contribution in [-0.4, -0.2) is 67.1 Å². The maximum Gasteiger partial charge on any atom is 0.401 e. The second-order valence-electron chi connectivity index (χ2n) is 9.09. The number of rotatable bonds is 3. The largest absolute Gasteiger partial charge is 0.401 e. The van der Waals surface area contributed by atoms with Gasteiger partial charge in [-0.15, -0.1) is 0 Å². The number of hydrogen-bond acceptors (Lipinski definition) is 6. The molecule has 7 nitrogen and oxygen atoms in total. The van der Waals surface area contributed by atoms with Crippen LogP contribution in [0.5, 0.6) is 0 Å². The van der Waals surface area contributed by atoms with Crippen LogP contribution < -0.4 is 10.2 Å². The number of carbonyl (C=O) groups excluding carboxylic acids is 1. The Morgan fingerprint density at radius 1 is 1.20 bits per heavy atom. The molecule has 1 aromatic heterocycles. The molecule has 3 aliphatic rings. The topological polar surface area (TPSA) is 66.9 Å². The van der Waals surface area contributed by atoms with Crippen molar-refractivity contribution in [3.8, 4) is 0 Å². The van der Waals surface area contributed by atoms with Gasteiger partial charge < -0.3 is 19.7 Å². The molecule has 188 valence electrons. The second kappa shape index (κ2) is 9.36. The van der Waals surface area contributed by atoms with Crippen LogP contribution in [0, 0.1) is 0 Å². The number of ether oxygens (including phenoxy) is 2. The van der Waals surface area contributed by atoms with E-state index in [1.54, 1.807) is 30.5 Å². The number of nitrogens with zero attached hydrogens (tertiary/aromatic N) is 3. The summed E-state index contributed by atoms with van der Waals surface area (Å²) in [5.41, 5.74) is 0.264. The van der Waals surface area contributed by atoms with Crippen molar-refractivity contribution in [2.24, 2.45) is 0 Å². The van der Waals surface area contributed by atoms with Crippen LogP contribution in [0.15, 0.2) is 36.5 Å². The van der Waals surface area contributed by atoms with Crippen molar-refractivity contribution in [1.29, 1.82) is 0 Å². The number of aromatic nitrogens is 1. The van der Waals surface area contributed by atoms with Crippen molar-refractivity contribution in [1.82, 2.24) is 9.88 Å². The van der Waals surface area contributed by atoms with Crippen molar-refractivity contribution in [3.05, 3.63) is 47.7 Å². The van der Waals surface area contributed by atoms with E-state index >= 15 is 4.39 Å². The number of halogens is 4. The lowest BCUT2D eigenvalue weighted by Gasteiger charge is -2.38. The van der Waals surface area contributed by atoms with Gasteiger partial charge in [0.2, 0.25) is 0 Å². The van der Waals surface area contributed by atoms with Crippen molar-refractivity contribution in [2.45, 2.75) is 37.3 Å². The van der Waals surface area contributed by atoms with Crippen LogP contribution in [-0.2, 0) is 20.8 Å². The number of fused-ring (bicyclic) bond motifs is 2. The molecule has 5 rings (SSSR count). The lowest BCUT2D eigenvalue weighted by atomic mass is 9.91. The molecular weight excluding hydrogens is 468 g/mol. The Bertz CT molecular complexity index is 1080. The number of amides is 1. The van der Waals surface area contributed by atoms with Gasteiger partial charge in [0.1, 0.15) is 11.9 Å². The van der Waals surface area contributed by atoms with E-state index in [1.807, 2.05) is 6.07 Å². The first-order valence-corrected chi connectivity index (χ1v) is 11.6. The van der Waals surface area contributed by atoms with Crippen molar-refractivity contribution in [2.75, 3.05) is 49.7 Å². The van der Waals surface area contributed by atoms with Gasteiger partial charge in [-0.1, -0.05) is 12.1 Å². The third kappa shape index (κ3) is 5.12. The van der Waals surface area contributed by atoms with E-state index in [0.717, 1.165) is 10.5 Å². The quantitative estimate of drug-likeness (QED) is 0.648. The number of pyridine rings is 1. The molecule has 1 N–H and O–H groups in total. The number of anilines is 3. The van der Waals surface area contributed by atoms with Gasteiger partial charge in [-0.3, -0.25) is 9.69 Å². The van der Waals surface area contributed by atoms with Gasteiger partial charge in [0.15, 0.2) is 5.67 Å². The number of likely N-dealkylation sites (tertiary alicyclic amines) is 1. The fourth-order valence-corrected chi connectivity index (χ4v) is 4.78. The minimum atomic E-state index is -4.37. The highest BCUT2D eigenvalue weighted by molar-refractivity contribution is 6.03. The summed E-state index contributed by atoms with van der Waals surface area (Å²) < 4.78 is 65.7. The molecule has 0 bridgehead atoms. The van der Waals surface area contributed by atoms with Gasteiger partial charge in [0.05, 0.1) is 44.3 Å². The molecule has 11 heteroatoms. The highest BCUT2D eigenvalue weighted by Crippen LogP contribution is 2.40. The second-order valence-corrected chi connectivity index (χ2v) is 9.09. The third-order valence-corrected chi connectivity index (χ3v) is 6.65. The first-order valence-electron chi connectivity index (χ1n) is 11.6. The smallest absolute Gasteiger partial charge is 0.376 e. The Hall–Kier alpha value is -2.76. The van der Waals surface area contributed by atoms with Crippen LogP contribution >= 0.6 is 0 Å². The molecule has 0 spiro atoms. The van der Waals surface area contributed by atoms with Gasteiger partial charge in [-0.2, -0.15) is 13.2 Å². The number of alkyl halides is 4. The molecule has 2 fully saturated rings. The van der Waals surface area contributed by atoms with Gasteiger partial charge in [0, 0.05) is 37.7 Å². The van der Waals surface area contributed by atoms with Crippen molar-refractivity contribution < 1.29 is 31.8 Å². The Labute approximate surface area is 200 Å². The van der Waals surface area contributed by atoms with E-state index in [1.165, 1.54) is 4.90 Å².